The predicted molar refractivity (Wildman–Crippen MR) is 173 cm³/mol. The number of amides is 1. The van der Waals surface area contributed by atoms with Gasteiger partial charge in [0.1, 0.15) is 5.60 Å². The second kappa shape index (κ2) is 11.9. The van der Waals surface area contributed by atoms with Gasteiger partial charge in [0.05, 0.1) is 24.0 Å². The number of fused-ring (bicyclic) bond motifs is 1. The molecular weight excluding hydrogens is 643 g/mol. The Morgan fingerprint density at radius 1 is 1.16 bits per heavy atom. The normalized spacial score (nSPS) is 19.1. The van der Waals surface area contributed by atoms with Crippen molar-refractivity contribution in [1.29, 1.82) is 0 Å². The number of aromatic nitrogens is 1. The Morgan fingerprint density at radius 2 is 1.89 bits per heavy atom. The molecule has 4 N–H and O–H groups in total. The Labute approximate surface area is 270 Å². The van der Waals surface area contributed by atoms with Gasteiger partial charge in [-0.15, -0.1) is 11.3 Å². The quantitative estimate of drug-likeness (QED) is 0.155. The monoisotopic (exact) mass is 676 g/mol. The number of nitrogens with one attached hydrogen (secondary N) is 3. The zero-order valence-electron chi connectivity index (χ0n) is 25.5. The van der Waals surface area contributed by atoms with Crippen molar-refractivity contribution in [1.82, 2.24) is 14.4 Å². The molecule has 1 saturated heterocycles. The molecule has 2 atom stereocenters. The van der Waals surface area contributed by atoms with Gasteiger partial charge in [-0.1, -0.05) is 29.8 Å². The van der Waals surface area contributed by atoms with Gasteiger partial charge in [0.2, 0.25) is 0 Å². The number of anilines is 1. The van der Waals surface area contributed by atoms with Gasteiger partial charge in [-0.05, 0) is 82.8 Å². The van der Waals surface area contributed by atoms with Crippen molar-refractivity contribution in [3.05, 3.63) is 81.6 Å². The van der Waals surface area contributed by atoms with Crippen LogP contribution in [0.15, 0.2) is 54.7 Å². The maximum atomic E-state index is 15.9. The molecule has 5 rings (SSSR count). The van der Waals surface area contributed by atoms with E-state index in [4.69, 9.17) is 21.1 Å². The minimum Gasteiger partial charge on any atom is -0.465 e. The van der Waals surface area contributed by atoms with E-state index in [9.17, 15) is 18.3 Å². The van der Waals surface area contributed by atoms with Crippen molar-refractivity contribution in [3.8, 4) is 11.3 Å². The summed E-state index contributed by atoms with van der Waals surface area (Å²) < 4.78 is 60.4. The Morgan fingerprint density at radius 3 is 2.53 bits per heavy atom. The predicted octanol–water partition coefficient (Wildman–Crippen LogP) is 7.16. The SMILES string of the molecule is CC(C)(C)NS(=O)(=O)NC(c1cc2cccc(-c3cc([C@@]4(C)COC(C)(C)O4)ccn3)c2s1)c1c(Cl)ccc(NC(=O)O)c1F. The third-order valence-electron chi connectivity index (χ3n) is 7.03. The second-order valence-electron chi connectivity index (χ2n) is 12.5. The summed E-state index contributed by atoms with van der Waals surface area (Å²) >= 11 is 7.73. The van der Waals surface area contributed by atoms with Crippen LogP contribution in [-0.2, 0) is 25.3 Å². The van der Waals surface area contributed by atoms with Crippen LogP contribution in [0.25, 0.3) is 21.3 Å². The maximum Gasteiger partial charge on any atom is 0.409 e. The molecule has 2 aromatic carbocycles. The molecule has 0 aliphatic carbocycles. The molecule has 10 nitrogen and oxygen atoms in total. The number of carboxylic acid groups (broad SMARTS) is 1. The Kier molecular flexibility index (Phi) is 8.77. The van der Waals surface area contributed by atoms with Crippen molar-refractivity contribution in [2.75, 3.05) is 11.9 Å². The molecule has 14 heteroatoms. The van der Waals surface area contributed by atoms with Gasteiger partial charge < -0.3 is 14.6 Å². The molecule has 0 radical (unpaired) electrons. The average Bonchev–Trinajstić information content (AvgIpc) is 3.48. The van der Waals surface area contributed by atoms with Gasteiger partial charge in [0.25, 0.3) is 10.2 Å². The van der Waals surface area contributed by atoms with E-state index >= 15 is 4.39 Å². The number of ether oxygens (including phenoxy) is 2. The average molecular weight is 677 g/mol. The first-order valence-electron chi connectivity index (χ1n) is 14.0. The van der Waals surface area contributed by atoms with E-state index in [0.717, 1.165) is 21.2 Å². The molecule has 1 amide bonds. The number of hydrogen-bond donors (Lipinski definition) is 4. The number of pyridine rings is 1. The van der Waals surface area contributed by atoms with E-state index in [1.807, 2.05) is 56.4 Å². The van der Waals surface area contributed by atoms with Gasteiger partial charge in [-0.2, -0.15) is 17.9 Å². The zero-order valence-corrected chi connectivity index (χ0v) is 27.9. The minimum atomic E-state index is -4.23. The third-order valence-corrected chi connectivity index (χ3v) is 10.0. The van der Waals surface area contributed by atoms with Crippen LogP contribution in [0.2, 0.25) is 5.02 Å². The van der Waals surface area contributed by atoms with Crippen LogP contribution in [0.4, 0.5) is 14.9 Å². The molecule has 1 unspecified atom stereocenters. The lowest BCUT2D eigenvalue weighted by Gasteiger charge is -2.25. The van der Waals surface area contributed by atoms with E-state index < -0.39 is 45.1 Å². The fraction of sp³-hybridized carbons (Fsp3) is 0.355. The summed E-state index contributed by atoms with van der Waals surface area (Å²) in [5, 5.41) is 11.9. The maximum absolute atomic E-state index is 15.9. The third kappa shape index (κ3) is 7.30. The second-order valence-corrected chi connectivity index (χ2v) is 15.4. The molecule has 0 saturated carbocycles. The molecule has 240 valence electrons. The van der Waals surface area contributed by atoms with E-state index in [1.54, 1.807) is 33.0 Å². The number of carbonyl (C=O) groups is 1. The summed E-state index contributed by atoms with van der Waals surface area (Å²) in [6.07, 6.45) is 0.213. The number of hydrogen-bond acceptors (Lipinski definition) is 7. The van der Waals surface area contributed by atoms with Gasteiger partial charge in [0.15, 0.2) is 11.6 Å². The summed E-state index contributed by atoms with van der Waals surface area (Å²) in [7, 11) is -4.23. The minimum absolute atomic E-state index is 0.0890. The van der Waals surface area contributed by atoms with Crippen molar-refractivity contribution >= 4 is 55.0 Å². The van der Waals surface area contributed by atoms with E-state index in [0.29, 0.717) is 17.2 Å². The molecule has 45 heavy (non-hydrogen) atoms. The van der Waals surface area contributed by atoms with Crippen LogP contribution in [0.5, 0.6) is 0 Å². The number of thiophene rings is 1. The molecule has 1 aliphatic heterocycles. The van der Waals surface area contributed by atoms with E-state index in [2.05, 4.69) is 14.4 Å². The summed E-state index contributed by atoms with van der Waals surface area (Å²) in [5.74, 6) is -1.74. The van der Waals surface area contributed by atoms with E-state index in [1.165, 1.54) is 23.5 Å². The van der Waals surface area contributed by atoms with Gasteiger partial charge in [0, 0.05) is 37.5 Å². The largest absolute Gasteiger partial charge is 0.465 e. The van der Waals surface area contributed by atoms with Crippen LogP contribution in [0.1, 0.15) is 63.6 Å². The number of halogens is 2. The van der Waals surface area contributed by atoms with Crippen LogP contribution in [-0.4, -0.2) is 42.5 Å². The van der Waals surface area contributed by atoms with E-state index in [-0.39, 0.29) is 16.3 Å². The Bertz CT molecular complexity index is 1890. The topological polar surface area (TPSA) is 139 Å². The highest BCUT2D eigenvalue weighted by Crippen LogP contribution is 2.43. The zero-order chi connectivity index (χ0) is 32.9. The standard InChI is InChI=1S/C31H34ClFN4O6S2/c1-29(2,3)37-45(40,41)36-26(24-20(32)10-11-21(25(24)33)35-28(38)39)23-14-17-8-7-9-19(27(17)44-23)22-15-18(12-13-34-22)31(6)16-42-30(4,5)43-31/h7-15,26,35-37H,16H2,1-6H3,(H,38,39)/t26?,31-/m1/s1. The van der Waals surface area contributed by atoms with Gasteiger partial charge >= 0.3 is 6.09 Å². The molecule has 4 aromatic rings. The highest BCUT2D eigenvalue weighted by Gasteiger charge is 2.43. The van der Waals surface area contributed by atoms with Gasteiger partial charge in [-0.25, -0.2) is 9.18 Å². The molecule has 1 aliphatic rings. The van der Waals surface area contributed by atoms with Crippen molar-refractivity contribution < 1.29 is 32.2 Å². The Balaban J connectivity index is 1.64. The van der Waals surface area contributed by atoms with Crippen LogP contribution < -0.4 is 14.8 Å². The van der Waals surface area contributed by atoms with Crippen molar-refractivity contribution in [3.63, 3.8) is 0 Å². The lowest BCUT2D eigenvalue weighted by Crippen LogP contribution is -2.48. The molecule has 2 aromatic heterocycles. The number of rotatable bonds is 8. The molecular formula is C31H34ClFN4O6S2. The summed E-state index contributed by atoms with van der Waals surface area (Å²) in [4.78, 5) is 16.4. The van der Waals surface area contributed by atoms with Crippen LogP contribution in [0.3, 0.4) is 0 Å². The fourth-order valence-electron chi connectivity index (χ4n) is 5.28. The first-order chi connectivity index (χ1) is 20.9. The van der Waals surface area contributed by atoms with Crippen LogP contribution in [0, 0.1) is 5.82 Å². The summed E-state index contributed by atoms with van der Waals surface area (Å²) in [6.45, 7) is 11.1. The van der Waals surface area contributed by atoms with Crippen molar-refractivity contribution in [2.45, 2.75) is 64.5 Å². The lowest BCUT2D eigenvalue weighted by molar-refractivity contribution is -0.159. The summed E-state index contributed by atoms with van der Waals surface area (Å²) in [5.41, 5.74) is 0.163. The van der Waals surface area contributed by atoms with Crippen LogP contribution >= 0.6 is 22.9 Å². The smallest absolute Gasteiger partial charge is 0.409 e. The molecule has 0 spiro atoms. The lowest BCUT2D eigenvalue weighted by atomic mass is 9.96. The summed E-state index contributed by atoms with van der Waals surface area (Å²) in [6, 6.07) is 12.4. The highest BCUT2D eigenvalue weighted by molar-refractivity contribution is 7.87. The Hall–Kier alpha value is -3.17. The first kappa shape index (κ1) is 33.2. The first-order valence-corrected chi connectivity index (χ1v) is 16.7. The fourth-order valence-corrected chi connectivity index (χ4v) is 8.28. The molecule has 1 fully saturated rings. The highest BCUT2D eigenvalue weighted by atomic mass is 35.5. The van der Waals surface area contributed by atoms with Crippen molar-refractivity contribution in [2.24, 2.45) is 0 Å². The molecule has 0 bridgehead atoms. The number of benzene rings is 2. The molecule has 3 heterocycles. The number of nitrogens with zero attached hydrogens (tertiary/aromatic N) is 1. The van der Waals surface area contributed by atoms with Gasteiger partial charge in [-0.3, -0.25) is 10.3 Å².